The fraction of sp³-hybridized carbons (Fsp3) is 0.200. The molecule has 0 aliphatic heterocycles. The molecule has 0 aliphatic rings. The van der Waals surface area contributed by atoms with Gasteiger partial charge in [0.25, 0.3) is 0 Å². The minimum absolute atomic E-state index is 0.238. The number of anilines is 3. The molecule has 6 nitrogen and oxygen atoms in total. The predicted molar refractivity (Wildman–Crippen MR) is 80.9 cm³/mol. The van der Waals surface area contributed by atoms with E-state index in [0.29, 0.717) is 17.3 Å². The Bertz CT molecular complexity index is 644. The van der Waals surface area contributed by atoms with Gasteiger partial charge in [-0.3, -0.25) is 0 Å². The van der Waals surface area contributed by atoms with Gasteiger partial charge in [0.05, 0.1) is 30.7 Å². The largest absolute Gasteiger partial charge is 0.495 e. The summed E-state index contributed by atoms with van der Waals surface area (Å²) in [7, 11) is 1.58. The highest BCUT2D eigenvalue weighted by atomic mass is 16.5. The van der Waals surface area contributed by atoms with Crippen LogP contribution in [0.1, 0.15) is 17.3 Å². The number of ether oxygens (including phenoxy) is 2. The number of esters is 1. The lowest BCUT2D eigenvalue weighted by Gasteiger charge is -2.13. The fourth-order valence-electron chi connectivity index (χ4n) is 1.84. The minimum atomic E-state index is -0.472. The molecule has 0 aliphatic carbocycles. The van der Waals surface area contributed by atoms with Crippen molar-refractivity contribution in [2.75, 3.05) is 24.8 Å². The second-order valence-electron chi connectivity index (χ2n) is 4.17. The van der Waals surface area contributed by atoms with E-state index in [9.17, 15) is 4.79 Å². The monoisotopic (exact) mass is 287 g/mol. The molecule has 0 unspecified atom stereocenters. The number of methoxy groups -OCH3 is 1. The van der Waals surface area contributed by atoms with Crippen LogP contribution in [0.25, 0.3) is 0 Å². The Morgan fingerprint density at radius 3 is 2.81 bits per heavy atom. The number of pyridine rings is 1. The smallest absolute Gasteiger partial charge is 0.340 e. The number of nitrogens with one attached hydrogen (secondary N) is 1. The van der Waals surface area contributed by atoms with Crippen molar-refractivity contribution < 1.29 is 14.3 Å². The van der Waals surface area contributed by atoms with E-state index in [2.05, 4.69) is 10.3 Å². The van der Waals surface area contributed by atoms with Crippen LogP contribution in [0, 0.1) is 0 Å². The van der Waals surface area contributed by atoms with E-state index in [4.69, 9.17) is 15.2 Å². The summed E-state index contributed by atoms with van der Waals surface area (Å²) in [4.78, 5) is 16.0. The first-order chi connectivity index (χ1) is 10.2. The fourth-order valence-corrected chi connectivity index (χ4v) is 1.84. The summed E-state index contributed by atoms with van der Waals surface area (Å²) in [6, 6.07) is 8.89. The van der Waals surface area contributed by atoms with Crippen molar-refractivity contribution in [1.29, 1.82) is 0 Å². The van der Waals surface area contributed by atoms with Gasteiger partial charge in [-0.2, -0.15) is 0 Å². The highest BCUT2D eigenvalue weighted by Crippen LogP contribution is 2.29. The third kappa shape index (κ3) is 3.22. The van der Waals surface area contributed by atoms with Gasteiger partial charge in [-0.25, -0.2) is 9.78 Å². The molecule has 1 aromatic heterocycles. The van der Waals surface area contributed by atoms with Gasteiger partial charge in [0.1, 0.15) is 5.75 Å². The van der Waals surface area contributed by atoms with E-state index in [1.54, 1.807) is 14.0 Å². The molecular formula is C15H17N3O3. The number of para-hydroxylation sites is 2. The molecule has 1 aromatic carbocycles. The Labute approximate surface area is 122 Å². The SMILES string of the molecule is CCOC(=O)c1ccnc(Nc2ccccc2OC)c1N. The number of rotatable bonds is 5. The Kier molecular flexibility index (Phi) is 4.61. The predicted octanol–water partition coefficient (Wildman–Crippen LogP) is 2.59. The van der Waals surface area contributed by atoms with Crippen LogP contribution in [0.15, 0.2) is 36.5 Å². The van der Waals surface area contributed by atoms with Gasteiger partial charge in [-0.1, -0.05) is 12.1 Å². The topological polar surface area (TPSA) is 86.5 Å². The van der Waals surface area contributed by atoms with E-state index in [1.165, 1.54) is 12.3 Å². The lowest BCUT2D eigenvalue weighted by molar-refractivity contribution is 0.0527. The standard InChI is InChI=1S/C15H17N3O3/c1-3-21-15(19)10-8-9-17-14(13(10)16)18-11-6-4-5-7-12(11)20-2/h4-9H,3,16H2,1-2H3,(H,17,18). The Morgan fingerprint density at radius 1 is 1.33 bits per heavy atom. The molecule has 0 saturated carbocycles. The van der Waals surface area contributed by atoms with Crippen LogP contribution in [0.4, 0.5) is 17.2 Å². The Balaban J connectivity index is 2.33. The molecule has 0 radical (unpaired) electrons. The molecule has 1 heterocycles. The van der Waals surface area contributed by atoms with Crippen LogP contribution in [0.2, 0.25) is 0 Å². The summed E-state index contributed by atoms with van der Waals surface area (Å²) in [5.74, 6) is 0.561. The van der Waals surface area contributed by atoms with Crippen molar-refractivity contribution in [2.45, 2.75) is 6.92 Å². The van der Waals surface area contributed by atoms with Crippen molar-refractivity contribution in [3.8, 4) is 5.75 Å². The lowest BCUT2D eigenvalue weighted by Crippen LogP contribution is -2.10. The number of carbonyl (C=O) groups is 1. The first-order valence-corrected chi connectivity index (χ1v) is 6.49. The lowest BCUT2D eigenvalue weighted by atomic mass is 10.2. The molecule has 21 heavy (non-hydrogen) atoms. The third-order valence-corrected chi connectivity index (χ3v) is 2.85. The van der Waals surface area contributed by atoms with Crippen LogP contribution in [0.3, 0.4) is 0 Å². The average molecular weight is 287 g/mol. The van der Waals surface area contributed by atoms with Gasteiger partial charge in [0.15, 0.2) is 5.82 Å². The third-order valence-electron chi connectivity index (χ3n) is 2.85. The number of nitrogen functional groups attached to an aromatic ring is 1. The number of hydrogen-bond donors (Lipinski definition) is 2. The van der Waals surface area contributed by atoms with Crippen molar-refractivity contribution in [3.05, 3.63) is 42.1 Å². The second kappa shape index (κ2) is 6.60. The Morgan fingerprint density at radius 2 is 2.10 bits per heavy atom. The number of nitrogens with zero attached hydrogens (tertiary/aromatic N) is 1. The van der Waals surface area contributed by atoms with E-state index in [1.807, 2.05) is 24.3 Å². The Hall–Kier alpha value is -2.76. The first-order valence-electron chi connectivity index (χ1n) is 6.49. The first kappa shape index (κ1) is 14.6. The molecule has 110 valence electrons. The van der Waals surface area contributed by atoms with Crippen molar-refractivity contribution in [1.82, 2.24) is 4.98 Å². The van der Waals surface area contributed by atoms with Gasteiger partial charge in [0, 0.05) is 6.20 Å². The van der Waals surface area contributed by atoms with Gasteiger partial charge in [-0.15, -0.1) is 0 Å². The van der Waals surface area contributed by atoms with Crippen LogP contribution in [-0.2, 0) is 4.74 Å². The zero-order valence-electron chi connectivity index (χ0n) is 11.9. The summed E-state index contributed by atoms with van der Waals surface area (Å²) < 4.78 is 10.2. The summed E-state index contributed by atoms with van der Waals surface area (Å²) in [5.41, 5.74) is 7.22. The molecule has 0 spiro atoms. The van der Waals surface area contributed by atoms with Gasteiger partial charge in [-0.05, 0) is 25.1 Å². The van der Waals surface area contributed by atoms with Crippen LogP contribution in [-0.4, -0.2) is 24.7 Å². The van der Waals surface area contributed by atoms with E-state index in [-0.39, 0.29) is 17.9 Å². The van der Waals surface area contributed by atoms with Crippen molar-refractivity contribution in [3.63, 3.8) is 0 Å². The van der Waals surface area contributed by atoms with E-state index < -0.39 is 5.97 Å². The minimum Gasteiger partial charge on any atom is -0.495 e. The van der Waals surface area contributed by atoms with Gasteiger partial charge < -0.3 is 20.5 Å². The highest BCUT2D eigenvalue weighted by molar-refractivity contribution is 5.98. The average Bonchev–Trinajstić information content (AvgIpc) is 2.50. The van der Waals surface area contributed by atoms with Crippen molar-refractivity contribution in [2.24, 2.45) is 0 Å². The van der Waals surface area contributed by atoms with E-state index in [0.717, 1.165) is 0 Å². The number of nitrogens with two attached hydrogens (primary N) is 1. The van der Waals surface area contributed by atoms with E-state index >= 15 is 0 Å². The number of aromatic nitrogens is 1. The summed E-state index contributed by atoms with van der Waals surface area (Å²) in [5, 5.41) is 3.06. The molecule has 0 fully saturated rings. The zero-order chi connectivity index (χ0) is 15.2. The summed E-state index contributed by atoms with van der Waals surface area (Å²) in [6.45, 7) is 2.03. The zero-order valence-corrected chi connectivity index (χ0v) is 11.9. The molecule has 2 rings (SSSR count). The summed E-state index contributed by atoms with van der Waals surface area (Å²) >= 11 is 0. The summed E-state index contributed by atoms with van der Waals surface area (Å²) in [6.07, 6.45) is 1.50. The molecule has 2 aromatic rings. The number of hydrogen-bond acceptors (Lipinski definition) is 6. The molecule has 3 N–H and O–H groups in total. The molecule has 0 saturated heterocycles. The van der Waals surface area contributed by atoms with Crippen molar-refractivity contribution >= 4 is 23.2 Å². The number of benzene rings is 1. The van der Waals surface area contributed by atoms with Crippen LogP contribution >= 0.6 is 0 Å². The molecule has 6 heteroatoms. The maximum atomic E-state index is 11.8. The van der Waals surface area contributed by atoms with Crippen LogP contribution < -0.4 is 15.8 Å². The quantitative estimate of drug-likeness (QED) is 0.822. The molecular weight excluding hydrogens is 270 g/mol. The molecule has 0 amide bonds. The maximum Gasteiger partial charge on any atom is 0.340 e. The maximum absolute atomic E-state index is 11.8. The van der Waals surface area contributed by atoms with Crippen LogP contribution in [0.5, 0.6) is 5.75 Å². The number of carbonyl (C=O) groups excluding carboxylic acids is 1. The molecule has 0 bridgehead atoms. The highest BCUT2D eigenvalue weighted by Gasteiger charge is 2.15. The normalized spacial score (nSPS) is 10.0. The molecule has 0 atom stereocenters. The van der Waals surface area contributed by atoms with Gasteiger partial charge >= 0.3 is 5.97 Å². The second-order valence-corrected chi connectivity index (χ2v) is 4.17. The van der Waals surface area contributed by atoms with Gasteiger partial charge in [0.2, 0.25) is 0 Å².